The van der Waals surface area contributed by atoms with Crippen molar-refractivity contribution in [1.82, 2.24) is 19.6 Å². The maximum absolute atomic E-state index is 13.7. The summed E-state index contributed by atoms with van der Waals surface area (Å²) in [5, 5.41) is 8.88. The van der Waals surface area contributed by atoms with E-state index in [0.29, 0.717) is 44.7 Å². The number of amides is 1. The number of methoxy groups -OCH3 is 1. The number of aromatic nitrogens is 2. The minimum absolute atomic E-state index is 0.137. The molecule has 0 unspecified atom stereocenters. The van der Waals surface area contributed by atoms with Crippen LogP contribution in [0.4, 0.5) is 0 Å². The van der Waals surface area contributed by atoms with E-state index in [9.17, 15) is 4.79 Å². The number of benzene rings is 1. The van der Waals surface area contributed by atoms with Gasteiger partial charge in [-0.15, -0.1) is 0 Å². The molecule has 2 aliphatic rings. The predicted octanol–water partition coefficient (Wildman–Crippen LogP) is 4.26. The Morgan fingerprint density at radius 1 is 1.30 bits per heavy atom. The molecule has 0 spiro atoms. The Morgan fingerprint density at radius 3 is 2.92 bits per heavy atom. The summed E-state index contributed by atoms with van der Waals surface area (Å²) >= 11 is 1.59. The Labute approximate surface area is 220 Å². The Morgan fingerprint density at radius 2 is 2.16 bits per heavy atom. The second-order valence-corrected chi connectivity index (χ2v) is 10.2. The molecule has 0 bridgehead atoms. The average Bonchev–Trinajstić information content (AvgIpc) is 3.48. The van der Waals surface area contributed by atoms with Gasteiger partial charge in [0, 0.05) is 54.8 Å². The van der Waals surface area contributed by atoms with Crippen molar-refractivity contribution in [3.05, 3.63) is 51.4 Å². The van der Waals surface area contributed by atoms with Gasteiger partial charge in [0.05, 0.1) is 25.1 Å². The van der Waals surface area contributed by atoms with Gasteiger partial charge < -0.3 is 23.8 Å². The highest BCUT2D eigenvalue weighted by Gasteiger charge is 2.32. The van der Waals surface area contributed by atoms with Crippen molar-refractivity contribution in [2.75, 3.05) is 53.9 Å². The Kier molecular flexibility index (Phi) is 7.61. The number of carbonyl (C=O) groups excluding carboxylic acids is 1. The molecule has 2 aliphatic heterocycles. The lowest BCUT2D eigenvalue weighted by Gasteiger charge is -2.24. The van der Waals surface area contributed by atoms with E-state index in [1.807, 2.05) is 48.5 Å². The molecule has 9 nitrogen and oxygen atoms in total. The number of hydrogen-bond donors (Lipinski definition) is 0. The smallest absolute Gasteiger partial charge is 0.274 e. The summed E-state index contributed by atoms with van der Waals surface area (Å²) in [6, 6.07) is 5.98. The zero-order valence-corrected chi connectivity index (χ0v) is 22.5. The van der Waals surface area contributed by atoms with Crippen molar-refractivity contribution < 1.29 is 23.7 Å². The molecule has 3 aromatic rings. The van der Waals surface area contributed by atoms with E-state index in [2.05, 4.69) is 17.0 Å². The van der Waals surface area contributed by atoms with Crippen LogP contribution >= 0.6 is 11.3 Å². The molecule has 1 aromatic carbocycles. The Bertz CT molecular complexity index is 1290. The fourth-order valence-corrected chi connectivity index (χ4v) is 5.14. The van der Waals surface area contributed by atoms with E-state index in [-0.39, 0.29) is 12.5 Å². The summed E-state index contributed by atoms with van der Waals surface area (Å²) in [5.41, 5.74) is 5.97. The Hall–Kier alpha value is -3.18. The number of fused-ring (bicyclic) bond motifs is 3. The number of nitrogens with zero attached hydrogens (tertiary/aromatic N) is 4. The first-order valence-corrected chi connectivity index (χ1v) is 13.2. The van der Waals surface area contributed by atoms with Crippen molar-refractivity contribution in [3.8, 4) is 28.4 Å². The fraction of sp³-hybridized carbons (Fsp3) is 0.407. The van der Waals surface area contributed by atoms with Crippen LogP contribution in [0.1, 0.15) is 35.5 Å². The van der Waals surface area contributed by atoms with Crippen LogP contribution in [-0.2, 0) is 16.1 Å². The van der Waals surface area contributed by atoms with Crippen molar-refractivity contribution in [3.63, 3.8) is 0 Å². The number of hydrogen-bond acceptors (Lipinski definition) is 8. The first-order valence-electron chi connectivity index (χ1n) is 12.2. The van der Waals surface area contributed by atoms with Crippen molar-refractivity contribution in [2.45, 2.75) is 20.5 Å². The maximum Gasteiger partial charge on any atom is 0.274 e. The van der Waals surface area contributed by atoms with Crippen LogP contribution in [0.3, 0.4) is 0 Å². The van der Waals surface area contributed by atoms with Crippen LogP contribution in [0.15, 0.2) is 34.5 Å². The zero-order chi connectivity index (χ0) is 25.9. The molecule has 1 saturated heterocycles. The lowest BCUT2D eigenvalue weighted by Crippen LogP contribution is -2.38. The molecule has 4 heterocycles. The van der Waals surface area contributed by atoms with E-state index < -0.39 is 0 Å². The van der Waals surface area contributed by atoms with Crippen molar-refractivity contribution in [2.24, 2.45) is 0 Å². The van der Waals surface area contributed by atoms with Crippen molar-refractivity contribution >= 4 is 23.3 Å². The van der Waals surface area contributed by atoms with Crippen LogP contribution < -0.4 is 9.47 Å². The minimum atomic E-state index is -0.137. The lowest BCUT2D eigenvalue weighted by molar-refractivity contribution is -0.0481. The second kappa shape index (κ2) is 11.1. The standard InChI is InChI=1S/C27H32N4O5S/c1-18(2)11-19-12-21-24(13-23(19)33-4)36-14-22-25(28-31(26(21)22)20-5-10-37-15-20)27(32)29(3)6-7-30-8-9-34-17-35-16-30/h5,10-13,15H,6-9,14,16-17H2,1-4H3. The minimum Gasteiger partial charge on any atom is -0.496 e. The first kappa shape index (κ1) is 25.5. The average molecular weight is 525 g/mol. The first-order chi connectivity index (χ1) is 18.0. The molecule has 0 atom stereocenters. The summed E-state index contributed by atoms with van der Waals surface area (Å²) in [6.45, 7) is 7.77. The van der Waals surface area contributed by atoms with Gasteiger partial charge >= 0.3 is 0 Å². The van der Waals surface area contributed by atoms with Crippen LogP contribution in [0, 0.1) is 0 Å². The van der Waals surface area contributed by atoms with Gasteiger partial charge in [-0.05, 0) is 31.4 Å². The van der Waals surface area contributed by atoms with Crippen molar-refractivity contribution in [1.29, 1.82) is 0 Å². The SMILES string of the molecule is COc1cc2c(cc1C=C(C)C)-c1c(c(C(=O)N(C)CCN3CCOCOC3)nn1-c1ccsc1)CO2. The molecular weight excluding hydrogens is 492 g/mol. The third-order valence-electron chi connectivity index (χ3n) is 6.43. The molecule has 0 radical (unpaired) electrons. The summed E-state index contributed by atoms with van der Waals surface area (Å²) in [4.78, 5) is 17.5. The monoisotopic (exact) mass is 524 g/mol. The normalized spacial score (nSPS) is 15.2. The molecule has 1 amide bonds. The highest BCUT2D eigenvalue weighted by Crippen LogP contribution is 2.44. The summed E-state index contributed by atoms with van der Waals surface area (Å²) < 4.78 is 24.4. The van der Waals surface area contributed by atoms with E-state index in [1.165, 1.54) is 0 Å². The number of thiophene rings is 1. The topological polar surface area (TPSA) is 78.3 Å². The van der Waals surface area contributed by atoms with E-state index in [1.54, 1.807) is 23.3 Å². The predicted molar refractivity (Wildman–Crippen MR) is 142 cm³/mol. The Balaban J connectivity index is 1.52. The summed E-state index contributed by atoms with van der Waals surface area (Å²) in [7, 11) is 3.47. The van der Waals surface area contributed by atoms with Gasteiger partial charge in [0.1, 0.15) is 31.6 Å². The maximum atomic E-state index is 13.7. The van der Waals surface area contributed by atoms with E-state index in [4.69, 9.17) is 24.0 Å². The molecule has 10 heteroatoms. The zero-order valence-electron chi connectivity index (χ0n) is 21.7. The van der Waals surface area contributed by atoms with Gasteiger partial charge in [-0.1, -0.05) is 11.6 Å². The number of ether oxygens (including phenoxy) is 4. The second-order valence-electron chi connectivity index (χ2n) is 9.37. The highest BCUT2D eigenvalue weighted by molar-refractivity contribution is 7.08. The number of carbonyl (C=O) groups is 1. The van der Waals surface area contributed by atoms with Gasteiger partial charge in [-0.2, -0.15) is 16.4 Å². The number of likely N-dealkylation sites (N-methyl/N-ethyl adjacent to an activating group) is 1. The lowest BCUT2D eigenvalue weighted by atomic mass is 9.98. The van der Waals surface area contributed by atoms with Gasteiger partial charge in [0.2, 0.25) is 0 Å². The van der Waals surface area contributed by atoms with E-state index >= 15 is 0 Å². The summed E-state index contributed by atoms with van der Waals surface area (Å²) in [6.07, 6.45) is 2.08. The van der Waals surface area contributed by atoms with Gasteiger partial charge in [0.25, 0.3) is 5.91 Å². The molecule has 0 aliphatic carbocycles. The molecule has 0 N–H and O–H groups in total. The quantitative estimate of drug-likeness (QED) is 0.457. The molecule has 37 heavy (non-hydrogen) atoms. The molecule has 196 valence electrons. The third kappa shape index (κ3) is 5.28. The van der Waals surface area contributed by atoms with Crippen LogP contribution in [0.2, 0.25) is 0 Å². The fourth-order valence-electron chi connectivity index (χ4n) is 4.53. The molecule has 1 fully saturated rings. The van der Waals surface area contributed by atoms with Crippen LogP contribution in [-0.4, -0.2) is 79.4 Å². The van der Waals surface area contributed by atoms with Gasteiger partial charge in [-0.25, -0.2) is 4.68 Å². The molecule has 2 aromatic heterocycles. The van der Waals surface area contributed by atoms with Gasteiger partial charge in [0.15, 0.2) is 5.69 Å². The van der Waals surface area contributed by atoms with Gasteiger partial charge in [-0.3, -0.25) is 9.69 Å². The molecule has 5 rings (SSSR count). The number of rotatable bonds is 7. The third-order valence-corrected chi connectivity index (χ3v) is 7.10. The largest absolute Gasteiger partial charge is 0.496 e. The molecular formula is C27H32N4O5S. The summed E-state index contributed by atoms with van der Waals surface area (Å²) in [5.74, 6) is 1.31. The number of allylic oxidation sites excluding steroid dienone is 1. The molecule has 0 saturated carbocycles. The van der Waals surface area contributed by atoms with E-state index in [0.717, 1.165) is 45.9 Å². The van der Waals surface area contributed by atoms with Crippen LogP contribution in [0.25, 0.3) is 23.0 Å². The van der Waals surface area contributed by atoms with Crippen LogP contribution in [0.5, 0.6) is 11.5 Å². The highest BCUT2D eigenvalue weighted by atomic mass is 32.1.